The fourth-order valence-corrected chi connectivity index (χ4v) is 2.76. The van der Waals surface area contributed by atoms with E-state index in [1.807, 2.05) is 6.07 Å². The maximum atomic E-state index is 11.8. The van der Waals surface area contributed by atoms with E-state index in [1.165, 1.54) is 11.8 Å². The van der Waals surface area contributed by atoms with Gasteiger partial charge in [-0.2, -0.15) is 8.73 Å². The molecule has 0 bridgehead atoms. The molecular weight excluding hydrogens is 300 g/mol. The molecule has 4 N–H and O–H groups in total. The number of rotatable bonds is 6. The molecule has 0 aliphatic carbocycles. The number of nitrogens with one attached hydrogen (secondary N) is 1. The number of benzene rings is 1. The van der Waals surface area contributed by atoms with Crippen LogP contribution in [0.4, 0.5) is 17.1 Å². The molecule has 2 rings (SSSR count). The zero-order valence-electron chi connectivity index (χ0n) is 10.3. The van der Waals surface area contributed by atoms with Crippen LogP contribution in [0.5, 0.6) is 0 Å². The monoisotopic (exact) mass is 312 g/mol. The molecule has 1 atom stereocenters. The van der Waals surface area contributed by atoms with E-state index >= 15 is 0 Å². The van der Waals surface area contributed by atoms with E-state index in [0.717, 1.165) is 17.0 Å². The van der Waals surface area contributed by atoms with Crippen LogP contribution in [-0.2, 0) is 20.9 Å². The van der Waals surface area contributed by atoms with Crippen LogP contribution in [0.25, 0.3) is 0 Å². The molecule has 20 heavy (non-hydrogen) atoms. The molecule has 0 spiro atoms. The summed E-state index contributed by atoms with van der Waals surface area (Å²) in [6.45, 7) is 0. The summed E-state index contributed by atoms with van der Waals surface area (Å²) in [7, 11) is 0. The second-order valence-corrected chi connectivity index (χ2v) is 5.50. The standard InChI is InChI=1S/C11H12N4O3S2/c12-6(11(17)18)4-19-5-9(16)13-7-2-1-3-8-10(7)15-20-14-8/h1-3,6H,4-5,12H2,(H,13,16)(H,17,18)/t6-/m0/s1. The lowest BCUT2D eigenvalue weighted by Crippen LogP contribution is -2.33. The van der Waals surface area contributed by atoms with Gasteiger partial charge in [0, 0.05) is 5.75 Å². The first kappa shape index (κ1) is 14.7. The number of fused-ring (bicyclic) bond motifs is 1. The first-order valence-corrected chi connectivity index (χ1v) is 7.53. The second-order valence-electron chi connectivity index (χ2n) is 3.95. The van der Waals surface area contributed by atoms with Gasteiger partial charge in [-0.15, -0.1) is 11.8 Å². The second kappa shape index (κ2) is 6.64. The highest BCUT2D eigenvalue weighted by atomic mass is 32.2. The third-order valence-electron chi connectivity index (χ3n) is 2.41. The smallest absolute Gasteiger partial charge is 0.321 e. The average molecular weight is 312 g/mol. The lowest BCUT2D eigenvalue weighted by molar-refractivity contribution is -0.137. The zero-order valence-corrected chi connectivity index (χ0v) is 11.9. The largest absolute Gasteiger partial charge is 0.480 e. The van der Waals surface area contributed by atoms with Gasteiger partial charge in [0.1, 0.15) is 17.4 Å². The third-order valence-corrected chi connectivity index (χ3v) is 4.01. The molecule has 1 amide bonds. The van der Waals surface area contributed by atoms with Crippen molar-refractivity contribution < 1.29 is 14.7 Å². The van der Waals surface area contributed by atoms with Crippen LogP contribution in [0, 0.1) is 0 Å². The average Bonchev–Trinajstić information content (AvgIpc) is 2.87. The van der Waals surface area contributed by atoms with E-state index in [1.54, 1.807) is 12.1 Å². The molecule has 106 valence electrons. The normalized spacial score (nSPS) is 13.4. The fourth-order valence-electron chi connectivity index (χ4n) is 1.44. The van der Waals surface area contributed by atoms with Gasteiger partial charge in [0.05, 0.1) is 22.8 Å². The summed E-state index contributed by atoms with van der Waals surface area (Å²) < 4.78 is 8.20. The van der Waals surface area contributed by atoms with Crippen molar-refractivity contribution in [1.82, 2.24) is 0 Å². The van der Waals surface area contributed by atoms with Gasteiger partial charge >= 0.3 is 5.97 Å². The van der Waals surface area contributed by atoms with Gasteiger partial charge in [0.2, 0.25) is 5.91 Å². The number of carboxylic acids is 1. The first-order valence-electron chi connectivity index (χ1n) is 5.65. The Balaban J connectivity index is 1.86. The summed E-state index contributed by atoms with van der Waals surface area (Å²) in [6, 6.07) is 4.39. The van der Waals surface area contributed by atoms with Crippen molar-refractivity contribution in [1.29, 1.82) is 0 Å². The molecule has 1 aliphatic rings. The number of nitrogens with two attached hydrogens (primary N) is 1. The van der Waals surface area contributed by atoms with E-state index in [4.69, 9.17) is 10.8 Å². The maximum Gasteiger partial charge on any atom is 0.321 e. The van der Waals surface area contributed by atoms with Crippen molar-refractivity contribution in [3.63, 3.8) is 0 Å². The Labute approximate surface area is 122 Å². The number of carbonyl (C=O) groups is 2. The first-order chi connectivity index (χ1) is 9.58. The van der Waals surface area contributed by atoms with Gasteiger partial charge in [-0.05, 0) is 12.1 Å². The van der Waals surface area contributed by atoms with Crippen molar-refractivity contribution in [3.05, 3.63) is 18.2 Å². The van der Waals surface area contributed by atoms with Gasteiger partial charge in [-0.3, -0.25) is 9.59 Å². The van der Waals surface area contributed by atoms with Crippen LogP contribution in [0.3, 0.4) is 0 Å². The van der Waals surface area contributed by atoms with Crippen molar-refractivity contribution in [2.45, 2.75) is 6.04 Å². The van der Waals surface area contributed by atoms with E-state index in [2.05, 4.69) is 14.0 Å². The molecule has 1 aromatic carbocycles. The topological polar surface area (TPSA) is 117 Å². The quantitative estimate of drug-likeness (QED) is 0.747. The molecule has 1 aromatic rings. The lowest BCUT2D eigenvalue weighted by atomic mass is 10.2. The molecular formula is C11H12N4O3S2. The fraction of sp³-hybridized carbons (Fsp3) is 0.273. The number of carboxylic acid groups (broad SMARTS) is 1. The Kier molecular flexibility index (Phi) is 4.88. The number of hydrogen-bond donors (Lipinski definition) is 3. The van der Waals surface area contributed by atoms with Crippen LogP contribution in [0.2, 0.25) is 0 Å². The number of anilines is 1. The molecule has 7 nitrogen and oxygen atoms in total. The molecule has 1 aliphatic heterocycles. The number of aliphatic carboxylic acids is 1. The Hall–Kier alpha value is -1.71. The van der Waals surface area contributed by atoms with Gasteiger partial charge in [-0.25, -0.2) is 0 Å². The highest BCUT2D eigenvalue weighted by molar-refractivity contribution is 8.00. The van der Waals surface area contributed by atoms with Gasteiger partial charge < -0.3 is 16.2 Å². The molecule has 0 radical (unpaired) electrons. The summed E-state index contributed by atoms with van der Waals surface area (Å²) >= 11 is 2.25. The van der Waals surface area contributed by atoms with E-state index in [-0.39, 0.29) is 17.4 Å². The third kappa shape index (κ3) is 3.65. The number of hydrogen-bond acceptors (Lipinski definition) is 6. The number of carbonyl (C=O) groups excluding carboxylic acids is 1. The number of nitrogens with zero attached hydrogens (tertiary/aromatic N) is 2. The SMILES string of the molecule is N[C@@H](CSCC(=O)Nc1cccc2c1N=S=N2)C(=O)O. The lowest BCUT2D eigenvalue weighted by Gasteiger charge is -2.08. The Morgan fingerprint density at radius 2 is 2.25 bits per heavy atom. The molecule has 9 heteroatoms. The summed E-state index contributed by atoms with van der Waals surface area (Å²) in [5.74, 6) is -0.982. The summed E-state index contributed by atoms with van der Waals surface area (Å²) in [5.41, 5.74) is 7.33. The van der Waals surface area contributed by atoms with Crippen molar-refractivity contribution >= 4 is 52.1 Å². The van der Waals surface area contributed by atoms with Gasteiger partial charge in [0.25, 0.3) is 0 Å². The van der Waals surface area contributed by atoms with E-state index in [0.29, 0.717) is 11.4 Å². The van der Waals surface area contributed by atoms with Gasteiger partial charge in [0.15, 0.2) is 0 Å². The van der Waals surface area contributed by atoms with Crippen LogP contribution >= 0.6 is 11.8 Å². The molecule has 1 heterocycles. The Bertz CT molecular complexity index is 614. The minimum absolute atomic E-state index is 0.134. The van der Waals surface area contributed by atoms with Crippen LogP contribution < -0.4 is 11.1 Å². The molecule has 0 saturated heterocycles. The highest BCUT2D eigenvalue weighted by Crippen LogP contribution is 2.38. The van der Waals surface area contributed by atoms with Crippen LogP contribution in [0.1, 0.15) is 0 Å². The number of thioether (sulfide) groups is 1. The maximum absolute atomic E-state index is 11.8. The predicted molar refractivity (Wildman–Crippen MR) is 79.5 cm³/mol. The van der Waals surface area contributed by atoms with Crippen molar-refractivity contribution in [3.8, 4) is 0 Å². The van der Waals surface area contributed by atoms with Crippen LogP contribution in [-0.4, -0.2) is 34.5 Å². The molecule has 0 saturated carbocycles. The molecule has 0 unspecified atom stereocenters. The predicted octanol–water partition coefficient (Wildman–Crippen LogP) is 1.50. The van der Waals surface area contributed by atoms with Gasteiger partial charge in [-0.1, -0.05) is 6.07 Å². The Morgan fingerprint density at radius 3 is 3.00 bits per heavy atom. The van der Waals surface area contributed by atoms with Crippen molar-refractivity contribution in [2.24, 2.45) is 14.5 Å². The Morgan fingerprint density at radius 1 is 1.45 bits per heavy atom. The molecule has 0 aromatic heterocycles. The van der Waals surface area contributed by atoms with Crippen LogP contribution in [0.15, 0.2) is 26.9 Å². The number of amides is 1. The summed E-state index contributed by atoms with van der Waals surface area (Å²) in [4.78, 5) is 22.3. The zero-order chi connectivity index (χ0) is 14.5. The van der Waals surface area contributed by atoms with E-state index < -0.39 is 12.0 Å². The minimum atomic E-state index is -1.07. The highest BCUT2D eigenvalue weighted by Gasteiger charge is 2.14. The summed E-state index contributed by atoms with van der Waals surface area (Å²) in [6.07, 6.45) is 0. The van der Waals surface area contributed by atoms with E-state index in [9.17, 15) is 9.59 Å². The van der Waals surface area contributed by atoms with Crippen molar-refractivity contribution in [2.75, 3.05) is 16.8 Å². The minimum Gasteiger partial charge on any atom is -0.480 e. The molecule has 0 fully saturated rings. The summed E-state index contributed by atoms with van der Waals surface area (Å²) in [5, 5.41) is 11.4.